The number of rotatable bonds is 3. The van der Waals surface area contributed by atoms with Gasteiger partial charge in [-0.05, 0) is 34.6 Å². The fourth-order valence-electron chi connectivity index (χ4n) is 2.92. The third kappa shape index (κ3) is 3.82. The topological polar surface area (TPSA) is 69.6 Å². The molecule has 0 saturated carbocycles. The van der Waals surface area contributed by atoms with Gasteiger partial charge in [-0.3, -0.25) is 9.69 Å². The van der Waals surface area contributed by atoms with Gasteiger partial charge in [0.05, 0.1) is 0 Å². The predicted octanol–water partition coefficient (Wildman–Crippen LogP) is 4.07. The molecule has 1 aliphatic rings. The highest BCUT2D eigenvalue weighted by Gasteiger charge is 2.33. The number of hydrogen-bond acceptors (Lipinski definition) is 3. The minimum atomic E-state index is -0.452. The third-order valence-electron chi connectivity index (χ3n) is 4.33. The number of nitrogens with one attached hydrogen (secondary N) is 1. The van der Waals surface area contributed by atoms with E-state index in [0.29, 0.717) is 0 Å². The predicted molar refractivity (Wildman–Crippen MR) is 104 cm³/mol. The fraction of sp³-hybridized carbons (Fsp3) is 0.429. The fourth-order valence-corrected chi connectivity index (χ4v) is 2.92. The minimum Gasteiger partial charge on any atom is -0.507 e. The van der Waals surface area contributed by atoms with Crippen LogP contribution in [-0.2, 0) is 15.6 Å². The highest BCUT2D eigenvalue weighted by molar-refractivity contribution is 6.14. The Labute approximate surface area is 155 Å². The summed E-state index contributed by atoms with van der Waals surface area (Å²) in [5, 5.41) is 13.4. The van der Waals surface area contributed by atoms with Crippen molar-refractivity contribution in [3.8, 4) is 5.75 Å². The average Bonchev–Trinajstić information content (AvgIpc) is 2.74. The van der Waals surface area contributed by atoms with E-state index in [4.69, 9.17) is 0 Å². The van der Waals surface area contributed by atoms with Gasteiger partial charge in [-0.1, -0.05) is 47.6 Å². The largest absolute Gasteiger partial charge is 0.507 e. The molecule has 0 aromatic heterocycles. The van der Waals surface area contributed by atoms with Gasteiger partial charge in [0.2, 0.25) is 0 Å². The molecule has 1 aliphatic heterocycles. The summed E-state index contributed by atoms with van der Waals surface area (Å²) in [6, 6.07) is 3.28. The molecule has 0 spiro atoms. The summed E-state index contributed by atoms with van der Waals surface area (Å²) in [6.07, 6.45) is 3.17. The van der Waals surface area contributed by atoms with Crippen LogP contribution in [0.4, 0.5) is 4.79 Å². The second-order valence-corrected chi connectivity index (χ2v) is 8.66. The van der Waals surface area contributed by atoms with E-state index in [1.54, 1.807) is 6.08 Å². The number of amides is 3. The molecule has 5 heteroatoms. The Morgan fingerprint density at radius 3 is 2.00 bits per heavy atom. The highest BCUT2D eigenvalue weighted by Crippen LogP contribution is 2.40. The number of phenols is 1. The van der Waals surface area contributed by atoms with Crippen LogP contribution in [0.3, 0.4) is 0 Å². The second kappa shape index (κ2) is 6.63. The van der Waals surface area contributed by atoms with Crippen LogP contribution in [-0.4, -0.2) is 28.5 Å². The van der Waals surface area contributed by atoms with Crippen molar-refractivity contribution in [1.82, 2.24) is 10.2 Å². The molecule has 5 nitrogen and oxygen atoms in total. The number of hydrogen-bond donors (Lipinski definition) is 2. The molecule has 140 valence electrons. The molecule has 1 saturated heterocycles. The molecule has 1 heterocycles. The lowest BCUT2D eigenvalue weighted by Gasteiger charge is -2.28. The van der Waals surface area contributed by atoms with Gasteiger partial charge in [0.15, 0.2) is 0 Å². The van der Waals surface area contributed by atoms with E-state index in [9.17, 15) is 14.7 Å². The molecule has 2 rings (SSSR count). The lowest BCUT2D eigenvalue weighted by Crippen LogP contribution is -2.30. The van der Waals surface area contributed by atoms with Crippen LogP contribution in [0.1, 0.15) is 58.2 Å². The molecule has 1 aromatic carbocycles. The maximum Gasteiger partial charge on any atom is 0.329 e. The zero-order valence-corrected chi connectivity index (χ0v) is 16.4. The molecular formula is C21H28N2O3. The molecule has 0 unspecified atom stereocenters. The van der Waals surface area contributed by atoms with Crippen molar-refractivity contribution >= 4 is 18.0 Å². The van der Waals surface area contributed by atoms with Crippen molar-refractivity contribution in [3.05, 3.63) is 47.2 Å². The highest BCUT2D eigenvalue weighted by atomic mass is 16.3. The normalized spacial score (nSPS) is 17.0. The van der Waals surface area contributed by atoms with Crippen molar-refractivity contribution in [2.75, 3.05) is 6.54 Å². The van der Waals surface area contributed by atoms with Crippen LogP contribution in [0.5, 0.6) is 5.75 Å². The number of phenolic OH excluding ortho intramolecular Hbond substituents is 1. The number of aromatic hydroxyl groups is 1. The number of carbonyl (C=O) groups excluding carboxylic acids is 2. The first-order valence-electron chi connectivity index (χ1n) is 8.69. The minimum absolute atomic E-state index is 0.165. The van der Waals surface area contributed by atoms with Gasteiger partial charge >= 0.3 is 6.03 Å². The summed E-state index contributed by atoms with van der Waals surface area (Å²) in [5.74, 6) is -0.0974. The van der Waals surface area contributed by atoms with E-state index in [2.05, 4.69) is 11.9 Å². The Bertz CT molecular complexity index is 757. The maximum atomic E-state index is 12.4. The van der Waals surface area contributed by atoms with Crippen LogP contribution in [0, 0.1) is 0 Å². The molecule has 1 aromatic rings. The lowest BCUT2D eigenvalue weighted by molar-refractivity contribution is -0.122. The second-order valence-electron chi connectivity index (χ2n) is 8.66. The molecule has 0 aliphatic carbocycles. The van der Waals surface area contributed by atoms with Gasteiger partial charge in [0.1, 0.15) is 11.4 Å². The smallest absolute Gasteiger partial charge is 0.329 e. The Kier molecular flexibility index (Phi) is 5.04. The summed E-state index contributed by atoms with van der Waals surface area (Å²) in [4.78, 5) is 25.5. The number of urea groups is 1. The van der Waals surface area contributed by atoms with Crippen LogP contribution in [0.2, 0.25) is 0 Å². The molecule has 26 heavy (non-hydrogen) atoms. The van der Waals surface area contributed by atoms with Gasteiger partial charge in [-0.15, -0.1) is 6.58 Å². The van der Waals surface area contributed by atoms with E-state index < -0.39 is 6.03 Å². The Hall–Kier alpha value is -2.56. The summed E-state index contributed by atoms with van der Waals surface area (Å²) in [7, 11) is 0. The molecule has 3 amide bonds. The molecule has 0 atom stereocenters. The quantitative estimate of drug-likeness (QED) is 0.487. The maximum absolute atomic E-state index is 12.4. The average molecular weight is 356 g/mol. The van der Waals surface area contributed by atoms with Gasteiger partial charge in [-0.2, -0.15) is 0 Å². The van der Waals surface area contributed by atoms with Crippen LogP contribution < -0.4 is 5.32 Å². The third-order valence-corrected chi connectivity index (χ3v) is 4.33. The molecule has 0 bridgehead atoms. The van der Waals surface area contributed by atoms with Gasteiger partial charge < -0.3 is 10.4 Å². The first-order valence-corrected chi connectivity index (χ1v) is 8.69. The van der Waals surface area contributed by atoms with Crippen molar-refractivity contribution < 1.29 is 14.7 Å². The summed E-state index contributed by atoms with van der Waals surface area (Å²) in [6.45, 7) is 15.9. The van der Waals surface area contributed by atoms with E-state index >= 15 is 0 Å². The first kappa shape index (κ1) is 19.8. The van der Waals surface area contributed by atoms with Crippen LogP contribution in [0.15, 0.2) is 30.5 Å². The first-order chi connectivity index (χ1) is 11.9. The lowest BCUT2D eigenvalue weighted by atomic mass is 9.78. The van der Waals surface area contributed by atoms with E-state index in [1.807, 2.05) is 53.7 Å². The van der Waals surface area contributed by atoms with Gasteiger partial charge in [0, 0.05) is 17.7 Å². The van der Waals surface area contributed by atoms with Gasteiger partial charge in [0.25, 0.3) is 5.91 Å². The number of imide groups is 1. The van der Waals surface area contributed by atoms with Crippen molar-refractivity contribution in [3.63, 3.8) is 0 Å². The van der Waals surface area contributed by atoms with E-state index in [1.165, 1.54) is 6.08 Å². The Morgan fingerprint density at radius 2 is 1.58 bits per heavy atom. The molecule has 2 N–H and O–H groups in total. The number of carbonyl (C=O) groups is 2. The molecule has 1 fully saturated rings. The Morgan fingerprint density at radius 1 is 1.08 bits per heavy atom. The Balaban J connectivity index is 2.59. The summed E-state index contributed by atoms with van der Waals surface area (Å²) < 4.78 is 0. The monoisotopic (exact) mass is 356 g/mol. The zero-order valence-electron chi connectivity index (χ0n) is 16.4. The molecule has 0 radical (unpaired) electrons. The SMILES string of the molecule is C=CCN1C(=O)N/C(=C/c2cc(C(C)(C)C)c(O)c(C(C)(C)C)c2)C1=O. The van der Waals surface area contributed by atoms with Gasteiger partial charge in [-0.25, -0.2) is 4.79 Å². The van der Waals surface area contributed by atoms with Crippen molar-refractivity contribution in [1.29, 1.82) is 0 Å². The summed E-state index contributed by atoms with van der Waals surface area (Å²) in [5.41, 5.74) is 2.06. The molecular weight excluding hydrogens is 328 g/mol. The van der Waals surface area contributed by atoms with E-state index in [-0.39, 0.29) is 34.7 Å². The number of nitrogens with zero attached hydrogens (tertiary/aromatic N) is 1. The zero-order chi connectivity index (χ0) is 19.9. The van der Waals surface area contributed by atoms with Crippen LogP contribution in [0.25, 0.3) is 6.08 Å². The van der Waals surface area contributed by atoms with Crippen molar-refractivity contribution in [2.45, 2.75) is 52.4 Å². The standard InChI is InChI=1S/C21H28N2O3/c1-8-9-23-18(25)16(22-19(23)26)12-13-10-14(20(2,3)4)17(24)15(11-13)21(5,6)7/h8,10-12,24H,1,9H2,2-7H3,(H,22,26)/b16-12+. The van der Waals surface area contributed by atoms with Crippen LogP contribution >= 0.6 is 0 Å². The van der Waals surface area contributed by atoms with E-state index in [0.717, 1.165) is 21.6 Å². The van der Waals surface area contributed by atoms with Crippen molar-refractivity contribution in [2.24, 2.45) is 0 Å². The summed E-state index contributed by atoms with van der Waals surface area (Å²) >= 11 is 0. The number of benzene rings is 1.